The van der Waals surface area contributed by atoms with Crippen molar-refractivity contribution < 1.29 is 19.2 Å². The second-order valence-corrected chi connectivity index (χ2v) is 16.6. The second-order valence-electron chi connectivity index (χ2n) is 16.6. The van der Waals surface area contributed by atoms with E-state index in [4.69, 9.17) is 28.3 Å². The number of hydrogen-bond acceptors (Lipinski definition) is 7. The molecule has 0 saturated heterocycles. The van der Waals surface area contributed by atoms with Crippen molar-refractivity contribution in [3.8, 4) is 0 Å². The van der Waals surface area contributed by atoms with Crippen LogP contribution in [0.3, 0.4) is 0 Å². The van der Waals surface area contributed by atoms with Gasteiger partial charge in [0.15, 0.2) is 5.96 Å². The molecule has 0 spiro atoms. The van der Waals surface area contributed by atoms with E-state index in [-0.39, 0.29) is 31.8 Å². The lowest BCUT2D eigenvalue weighted by molar-refractivity contribution is -0.135. The summed E-state index contributed by atoms with van der Waals surface area (Å²) in [5.74, 6) is -2.72. The Labute approximate surface area is 331 Å². The van der Waals surface area contributed by atoms with E-state index >= 15 is 0 Å². The Balaban J connectivity index is 2.69. The van der Waals surface area contributed by atoms with E-state index in [0.717, 1.165) is 38.4 Å². The van der Waals surface area contributed by atoms with Crippen LogP contribution in [0.15, 0.2) is 30.3 Å². The van der Waals surface area contributed by atoms with Gasteiger partial charge in [-0.15, -0.1) is 16.4 Å². The smallest absolute Gasteiger partial charge is 0.242 e. The van der Waals surface area contributed by atoms with Crippen LogP contribution in [-0.4, -0.2) is 151 Å². The van der Waals surface area contributed by atoms with Gasteiger partial charge in [-0.05, 0) is 41.8 Å². The van der Waals surface area contributed by atoms with Gasteiger partial charge >= 0.3 is 0 Å². The average molecular weight is 726 g/mol. The minimum Gasteiger partial charge on any atom is -0.370 e. The Bertz CT molecular complexity index is 1690. The molecule has 0 aromatic heterocycles. The summed E-state index contributed by atoms with van der Waals surface area (Å²) in [7, 11) is 21.0. The van der Waals surface area contributed by atoms with Crippen LogP contribution in [0.2, 0.25) is 0 Å². The fourth-order valence-corrected chi connectivity index (χ4v) is 7.08. The molecule has 13 N–H and O–H groups in total. The molecular formula is C30H56B11N9O4. The number of rotatable bonds is 19. The summed E-state index contributed by atoms with van der Waals surface area (Å²) in [5.41, 5.74) is 27.8. The first kappa shape index (κ1) is 46.4. The van der Waals surface area contributed by atoms with Gasteiger partial charge < -0.3 is 44.2 Å². The SMILES string of the molecule is Bc1c(B)c(B)c(C(B)(B)[C@](B)(NC(=O)[C@@H](CCCNC(=N)N)NC(=O)[C@@H](N)Cc2ccccc2)C(=O)N[C@@](B)(CCCC(B)(B)N)C(N)=O)c(B)c1B. The summed E-state index contributed by atoms with van der Waals surface area (Å²) >= 11 is 0. The minimum atomic E-state index is -1.70. The molecule has 0 radical (unpaired) electrons. The third kappa shape index (κ3) is 11.6. The Morgan fingerprint density at radius 3 is 1.80 bits per heavy atom. The molecule has 278 valence electrons. The van der Waals surface area contributed by atoms with Gasteiger partial charge in [0.25, 0.3) is 0 Å². The topological polar surface area (TPSA) is 244 Å². The molecule has 2 rings (SSSR count). The molecule has 0 aliphatic heterocycles. The third-order valence-electron chi connectivity index (χ3n) is 11.4. The van der Waals surface area contributed by atoms with Crippen molar-refractivity contribution in [1.29, 1.82) is 5.41 Å². The van der Waals surface area contributed by atoms with Crippen LogP contribution in [-0.2, 0) is 30.8 Å². The van der Waals surface area contributed by atoms with E-state index in [9.17, 15) is 19.2 Å². The van der Waals surface area contributed by atoms with Crippen LogP contribution in [0.5, 0.6) is 0 Å². The molecule has 2 aromatic carbocycles. The normalized spacial score (nSPS) is 15.0. The number of primary amides is 1. The zero-order valence-electron chi connectivity index (χ0n) is 34.4. The summed E-state index contributed by atoms with van der Waals surface area (Å²) in [6.07, 6.45) is 2.05. The van der Waals surface area contributed by atoms with Crippen molar-refractivity contribution in [3.63, 3.8) is 0 Å². The number of nitrogens with two attached hydrogens (primary N) is 4. The highest BCUT2D eigenvalue weighted by atomic mass is 16.2. The van der Waals surface area contributed by atoms with Crippen LogP contribution in [0.1, 0.15) is 43.2 Å². The predicted octanol–water partition coefficient (Wildman–Crippen LogP) is -15.9. The largest absolute Gasteiger partial charge is 0.370 e. The fraction of sp³-hybridized carbons (Fsp3) is 0.433. The first-order valence-corrected chi connectivity index (χ1v) is 18.8. The summed E-state index contributed by atoms with van der Waals surface area (Å²) in [4.78, 5) is 56.1. The molecule has 0 bridgehead atoms. The lowest BCUT2D eigenvalue weighted by Crippen LogP contribution is -2.77. The van der Waals surface area contributed by atoms with E-state index in [1.807, 2.05) is 93.1 Å². The molecule has 0 aliphatic rings. The van der Waals surface area contributed by atoms with Crippen molar-refractivity contribution in [2.45, 2.75) is 72.0 Å². The third-order valence-corrected chi connectivity index (χ3v) is 11.4. The number of carbonyl (C=O) groups excluding carboxylic acids is 4. The fourth-order valence-electron chi connectivity index (χ4n) is 7.08. The number of carbonyl (C=O) groups is 4. The molecule has 0 aliphatic carbocycles. The Hall–Kier alpha value is -3.78. The lowest BCUT2D eigenvalue weighted by atomic mass is 9.34. The minimum absolute atomic E-state index is 0.142. The molecule has 0 saturated carbocycles. The van der Waals surface area contributed by atoms with Crippen LogP contribution < -0.4 is 71.5 Å². The first-order valence-electron chi connectivity index (χ1n) is 18.8. The Morgan fingerprint density at radius 2 is 1.30 bits per heavy atom. The maximum Gasteiger partial charge on any atom is 0.242 e. The van der Waals surface area contributed by atoms with Gasteiger partial charge in [0.2, 0.25) is 23.6 Å². The molecule has 54 heavy (non-hydrogen) atoms. The van der Waals surface area contributed by atoms with Gasteiger partial charge in [0.05, 0.1) is 16.9 Å². The molecule has 24 heteroatoms. The van der Waals surface area contributed by atoms with Gasteiger partial charge in [-0.2, -0.15) is 0 Å². The zero-order chi connectivity index (χ0) is 41.4. The lowest BCUT2D eigenvalue weighted by Gasteiger charge is -2.49. The van der Waals surface area contributed by atoms with Crippen LogP contribution in [0.4, 0.5) is 0 Å². The van der Waals surface area contributed by atoms with E-state index in [1.165, 1.54) is 0 Å². The van der Waals surface area contributed by atoms with Crippen LogP contribution in [0, 0.1) is 5.41 Å². The highest BCUT2D eigenvalue weighted by molar-refractivity contribution is 6.68. The molecule has 0 fully saturated rings. The molecule has 2 aromatic rings. The van der Waals surface area contributed by atoms with Gasteiger partial charge in [-0.1, -0.05) is 59.7 Å². The molecule has 4 atom stereocenters. The Kier molecular flexibility index (Phi) is 16.1. The summed E-state index contributed by atoms with van der Waals surface area (Å²) in [6, 6.07) is 7.24. The van der Waals surface area contributed by atoms with Crippen molar-refractivity contribution in [2.24, 2.45) is 22.9 Å². The predicted molar refractivity (Wildman–Crippen MR) is 251 cm³/mol. The van der Waals surface area contributed by atoms with Gasteiger partial charge in [-0.25, -0.2) is 0 Å². The van der Waals surface area contributed by atoms with E-state index in [1.54, 1.807) is 15.7 Å². The van der Waals surface area contributed by atoms with Crippen LogP contribution >= 0.6 is 0 Å². The van der Waals surface area contributed by atoms with E-state index in [2.05, 4.69) is 29.1 Å². The average Bonchev–Trinajstić information content (AvgIpc) is 3.07. The molecule has 0 unspecified atom stereocenters. The standard InChI is InChI=1S/C30H56B11N9O4/c31-17-16(18(32)20(34)21(35)19(17)33)29(39,40)30(41,25(54)50-27(36,24(43)53)9-5-10-28(37,38)46)49-23(52)15(8-4-11-47-26(44)45)48-22(51)14(42)12-13-6-2-1-3-7-13/h1-3,6-7,14-15H,4-5,8-12,31-42,46H2,(H2,43,53)(H,48,51)(H,49,52)(H,50,54)(H4,44,45,47)/t14-,15+,27-,30+/m0/s1. The number of nitrogens with one attached hydrogen (secondary N) is 5. The van der Waals surface area contributed by atoms with Crippen molar-refractivity contribution >= 4 is 143 Å². The number of guanidine groups is 1. The highest BCUT2D eigenvalue weighted by Crippen LogP contribution is 2.27. The van der Waals surface area contributed by atoms with Crippen LogP contribution in [0.25, 0.3) is 0 Å². The maximum atomic E-state index is 14.9. The zero-order valence-corrected chi connectivity index (χ0v) is 34.4. The second kappa shape index (κ2) is 18.7. The number of amides is 4. The highest BCUT2D eigenvalue weighted by Gasteiger charge is 2.52. The van der Waals surface area contributed by atoms with Crippen molar-refractivity contribution in [3.05, 3.63) is 41.5 Å². The first-order chi connectivity index (χ1) is 24.8. The van der Waals surface area contributed by atoms with Gasteiger partial charge in [0.1, 0.15) is 92.4 Å². The Morgan fingerprint density at radius 1 is 0.759 bits per heavy atom. The number of benzene rings is 2. The summed E-state index contributed by atoms with van der Waals surface area (Å²) < 4.78 is 0. The van der Waals surface area contributed by atoms with Gasteiger partial charge in [0, 0.05) is 6.54 Å². The molecule has 13 nitrogen and oxygen atoms in total. The summed E-state index contributed by atoms with van der Waals surface area (Å²) in [6.45, 7) is 0.269. The quantitative estimate of drug-likeness (QED) is 0.0291. The number of hydrogen-bond donors (Lipinski definition) is 9. The monoisotopic (exact) mass is 728 g/mol. The molecule has 4 amide bonds. The van der Waals surface area contributed by atoms with E-state index < -0.39 is 57.1 Å². The maximum absolute atomic E-state index is 14.9. The van der Waals surface area contributed by atoms with Crippen molar-refractivity contribution in [2.75, 3.05) is 6.54 Å². The van der Waals surface area contributed by atoms with Crippen molar-refractivity contribution in [1.82, 2.24) is 21.3 Å². The molecular weight excluding hydrogens is 669 g/mol. The molecule has 0 heterocycles. The van der Waals surface area contributed by atoms with E-state index in [0.29, 0.717) is 19.3 Å². The summed E-state index contributed by atoms with van der Waals surface area (Å²) in [5, 5.41) is 17.5. The van der Waals surface area contributed by atoms with Gasteiger partial charge in [-0.3, -0.25) is 24.6 Å².